The van der Waals surface area contributed by atoms with Gasteiger partial charge in [-0.3, -0.25) is 24.6 Å². The van der Waals surface area contributed by atoms with Crippen LogP contribution < -0.4 is 10.1 Å². The van der Waals surface area contributed by atoms with Gasteiger partial charge in [-0.15, -0.1) is 0 Å². The summed E-state index contributed by atoms with van der Waals surface area (Å²) in [5, 5.41) is 13.4. The molecule has 0 aliphatic carbocycles. The number of hydrogen-bond acceptors (Lipinski definition) is 7. The number of carbonyl (C=O) groups is 2. The van der Waals surface area contributed by atoms with Crippen molar-refractivity contribution >= 4 is 57.6 Å². The number of benzene rings is 2. The van der Waals surface area contributed by atoms with Gasteiger partial charge >= 0.3 is 0 Å². The first-order chi connectivity index (χ1) is 14.9. The van der Waals surface area contributed by atoms with Gasteiger partial charge in [0.2, 0.25) is 5.91 Å². The summed E-state index contributed by atoms with van der Waals surface area (Å²) in [7, 11) is 1.58. The molecule has 0 radical (unpaired) electrons. The molecule has 1 N–H and O–H groups in total. The molecule has 1 fully saturated rings. The van der Waals surface area contributed by atoms with E-state index in [1.165, 1.54) is 40.9 Å². The molecule has 1 saturated heterocycles. The second-order valence-electron chi connectivity index (χ2n) is 6.57. The van der Waals surface area contributed by atoms with Gasteiger partial charge in [-0.05, 0) is 42.3 Å². The fourth-order valence-corrected chi connectivity index (χ4v) is 4.17. The molecule has 160 valence electrons. The van der Waals surface area contributed by atoms with Gasteiger partial charge < -0.3 is 10.1 Å². The average Bonchev–Trinajstić information content (AvgIpc) is 3.01. The minimum absolute atomic E-state index is 0.0469. The second kappa shape index (κ2) is 10.2. The zero-order valence-electron chi connectivity index (χ0n) is 16.6. The SMILES string of the molecule is COc1cccc(C=C2SC(=S)N(CCCC(=O)Nc3ccc([N+](=O)[O-])cc3)C2=O)c1. The molecule has 3 rings (SSSR count). The molecule has 2 aromatic carbocycles. The minimum atomic E-state index is -0.503. The van der Waals surface area contributed by atoms with Crippen molar-refractivity contribution in [2.75, 3.05) is 19.0 Å². The molecule has 31 heavy (non-hydrogen) atoms. The van der Waals surface area contributed by atoms with Crippen LogP contribution in [0, 0.1) is 10.1 Å². The Kier molecular flexibility index (Phi) is 7.37. The fraction of sp³-hybridized carbons (Fsp3) is 0.190. The minimum Gasteiger partial charge on any atom is -0.497 e. The van der Waals surface area contributed by atoms with Gasteiger partial charge in [-0.25, -0.2) is 0 Å². The molecular formula is C21H19N3O5S2. The number of non-ortho nitro benzene ring substituents is 1. The highest BCUT2D eigenvalue weighted by Crippen LogP contribution is 2.33. The van der Waals surface area contributed by atoms with E-state index in [0.717, 1.165) is 5.56 Å². The van der Waals surface area contributed by atoms with Crippen molar-refractivity contribution < 1.29 is 19.2 Å². The molecule has 2 aromatic rings. The van der Waals surface area contributed by atoms with Crippen molar-refractivity contribution in [3.63, 3.8) is 0 Å². The van der Waals surface area contributed by atoms with Crippen LogP contribution in [0.2, 0.25) is 0 Å². The number of rotatable bonds is 8. The van der Waals surface area contributed by atoms with Crippen molar-refractivity contribution in [3.8, 4) is 5.75 Å². The molecule has 1 aliphatic rings. The van der Waals surface area contributed by atoms with E-state index in [4.69, 9.17) is 17.0 Å². The van der Waals surface area contributed by atoms with Gasteiger partial charge in [0, 0.05) is 30.8 Å². The first-order valence-electron chi connectivity index (χ1n) is 9.31. The zero-order chi connectivity index (χ0) is 22.4. The number of nitro benzene ring substituents is 1. The number of anilines is 1. The normalized spacial score (nSPS) is 14.7. The van der Waals surface area contributed by atoms with Crippen LogP contribution in [0.5, 0.6) is 5.75 Å². The summed E-state index contributed by atoms with van der Waals surface area (Å²) in [4.78, 5) is 37.0. The summed E-state index contributed by atoms with van der Waals surface area (Å²) in [5.41, 5.74) is 1.26. The number of thioether (sulfide) groups is 1. The van der Waals surface area contributed by atoms with E-state index < -0.39 is 4.92 Å². The average molecular weight is 458 g/mol. The molecule has 0 spiro atoms. The summed E-state index contributed by atoms with van der Waals surface area (Å²) < 4.78 is 5.65. The molecule has 0 saturated carbocycles. The third kappa shape index (κ3) is 5.89. The lowest BCUT2D eigenvalue weighted by Crippen LogP contribution is -2.29. The smallest absolute Gasteiger partial charge is 0.269 e. The summed E-state index contributed by atoms with van der Waals surface area (Å²) in [6.45, 7) is 0.327. The second-order valence-corrected chi connectivity index (χ2v) is 8.24. The Hall–Kier alpha value is -3.24. The van der Waals surface area contributed by atoms with Crippen LogP contribution in [-0.2, 0) is 9.59 Å². The maximum Gasteiger partial charge on any atom is 0.269 e. The van der Waals surface area contributed by atoms with Crippen LogP contribution in [0.15, 0.2) is 53.4 Å². The van der Waals surface area contributed by atoms with Crippen molar-refractivity contribution in [1.29, 1.82) is 0 Å². The predicted molar refractivity (Wildman–Crippen MR) is 124 cm³/mol. The zero-order valence-corrected chi connectivity index (χ0v) is 18.2. The van der Waals surface area contributed by atoms with Crippen LogP contribution >= 0.6 is 24.0 Å². The largest absolute Gasteiger partial charge is 0.497 e. The number of methoxy groups -OCH3 is 1. The van der Waals surface area contributed by atoms with Crippen LogP contribution in [0.4, 0.5) is 11.4 Å². The van der Waals surface area contributed by atoms with Gasteiger partial charge in [0.15, 0.2) is 0 Å². The highest BCUT2D eigenvalue weighted by molar-refractivity contribution is 8.26. The van der Waals surface area contributed by atoms with E-state index in [1.54, 1.807) is 13.2 Å². The van der Waals surface area contributed by atoms with Crippen LogP contribution in [0.1, 0.15) is 18.4 Å². The van der Waals surface area contributed by atoms with Gasteiger partial charge in [0.25, 0.3) is 11.6 Å². The standard InChI is InChI=1S/C21H19N3O5S2/c1-29-17-5-2-4-14(12-17)13-18-20(26)23(21(30)31-18)11-3-6-19(25)22-15-7-9-16(10-8-15)24(27)28/h2,4-5,7-10,12-13H,3,6,11H2,1H3,(H,22,25). The highest BCUT2D eigenvalue weighted by Gasteiger charge is 2.31. The number of amides is 2. The van der Waals surface area contributed by atoms with E-state index in [0.29, 0.717) is 33.6 Å². The molecule has 1 heterocycles. The number of nitrogens with zero attached hydrogens (tertiary/aromatic N) is 2. The molecule has 1 aliphatic heterocycles. The number of hydrogen-bond donors (Lipinski definition) is 1. The topological polar surface area (TPSA) is 102 Å². The maximum absolute atomic E-state index is 12.7. The first kappa shape index (κ1) is 22.4. The van der Waals surface area contributed by atoms with Crippen LogP contribution in [0.25, 0.3) is 6.08 Å². The molecular weight excluding hydrogens is 438 g/mol. The Morgan fingerprint density at radius 3 is 2.71 bits per heavy atom. The van der Waals surface area contributed by atoms with Gasteiger partial charge in [-0.2, -0.15) is 0 Å². The molecule has 2 amide bonds. The summed E-state index contributed by atoms with van der Waals surface area (Å²) in [6, 6.07) is 13.0. The van der Waals surface area contributed by atoms with E-state index in [-0.39, 0.29) is 23.9 Å². The lowest BCUT2D eigenvalue weighted by molar-refractivity contribution is -0.384. The summed E-state index contributed by atoms with van der Waals surface area (Å²) in [5.74, 6) is 0.267. The fourth-order valence-electron chi connectivity index (χ4n) is 2.86. The van der Waals surface area contributed by atoms with Gasteiger partial charge in [-0.1, -0.05) is 36.1 Å². The van der Waals surface area contributed by atoms with Crippen molar-refractivity contribution in [3.05, 3.63) is 69.1 Å². The summed E-state index contributed by atoms with van der Waals surface area (Å²) in [6.07, 6.45) is 2.38. The van der Waals surface area contributed by atoms with E-state index in [2.05, 4.69) is 5.32 Å². The molecule has 0 aromatic heterocycles. The Labute approximate surface area is 188 Å². The van der Waals surface area contributed by atoms with Gasteiger partial charge in [0.1, 0.15) is 10.1 Å². The number of thiocarbonyl (C=S) groups is 1. The predicted octanol–water partition coefficient (Wildman–Crippen LogP) is 4.22. The van der Waals surface area contributed by atoms with E-state index in [1.807, 2.05) is 24.3 Å². The van der Waals surface area contributed by atoms with E-state index >= 15 is 0 Å². The Balaban J connectivity index is 1.52. The molecule has 0 unspecified atom stereocenters. The third-order valence-corrected chi connectivity index (χ3v) is 5.79. The Bertz CT molecular complexity index is 1050. The summed E-state index contributed by atoms with van der Waals surface area (Å²) >= 11 is 6.55. The number of nitro groups is 1. The molecule has 0 bridgehead atoms. The lowest BCUT2D eigenvalue weighted by Gasteiger charge is -2.14. The Morgan fingerprint density at radius 1 is 1.29 bits per heavy atom. The highest BCUT2D eigenvalue weighted by atomic mass is 32.2. The monoisotopic (exact) mass is 457 g/mol. The quantitative estimate of drug-likeness (QED) is 0.274. The molecule has 0 atom stereocenters. The van der Waals surface area contributed by atoms with Crippen LogP contribution in [0.3, 0.4) is 0 Å². The number of nitrogens with one attached hydrogen (secondary N) is 1. The van der Waals surface area contributed by atoms with Crippen LogP contribution in [-0.4, -0.2) is 39.6 Å². The molecule has 10 heteroatoms. The van der Waals surface area contributed by atoms with Crippen molar-refractivity contribution in [2.45, 2.75) is 12.8 Å². The van der Waals surface area contributed by atoms with Crippen molar-refractivity contribution in [1.82, 2.24) is 4.90 Å². The molecule has 8 nitrogen and oxygen atoms in total. The van der Waals surface area contributed by atoms with Gasteiger partial charge in [0.05, 0.1) is 16.9 Å². The maximum atomic E-state index is 12.7. The lowest BCUT2D eigenvalue weighted by atomic mass is 10.2. The first-order valence-corrected chi connectivity index (χ1v) is 10.5. The van der Waals surface area contributed by atoms with Crippen molar-refractivity contribution in [2.24, 2.45) is 0 Å². The third-order valence-electron chi connectivity index (χ3n) is 4.41. The number of ether oxygens (including phenoxy) is 1. The Morgan fingerprint density at radius 2 is 2.03 bits per heavy atom. The number of carbonyl (C=O) groups excluding carboxylic acids is 2. The van der Waals surface area contributed by atoms with E-state index in [9.17, 15) is 19.7 Å².